The Morgan fingerprint density at radius 3 is 2.69 bits per heavy atom. The lowest BCUT2D eigenvalue weighted by molar-refractivity contribution is 0.0697. The summed E-state index contributed by atoms with van der Waals surface area (Å²) in [5, 5.41) is 4.55. The lowest BCUT2D eigenvalue weighted by Gasteiger charge is -2.32. The number of piperazine rings is 1. The first kappa shape index (κ1) is 20.9. The Balaban J connectivity index is 1.38. The molecule has 166 valence electrons. The molecule has 11 heteroatoms. The lowest BCUT2D eigenvalue weighted by atomic mass is 10.2. The third-order valence-corrected chi connectivity index (χ3v) is 7.67. The number of nitrogens with zero attached hydrogens (tertiary/aromatic N) is 3. The average Bonchev–Trinajstić information content (AvgIpc) is 3.35. The van der Waals surface area contributed by atoms with Gasteiger partial charge in [0.15, 0.2) is 0 Å². The first-order valence-corrected chi connectivity index (χ1v) is 12.3. The van der Waals surface area contributed by atoms with Crippen molar-refractivity contribution in [3.8, 4) is 0 Å². The van der Waals surface area contributed by atoms with Crippen molar-refractivity contribution in [1.82, 2.24) is 19.2 Å². The molecule has 1 aliphatic heterocycles. The van der Waals surface area contributed by atoms with Crippen LogP contribution < -0.4 is 5.32 Å². The maximum absolute atomic E-state index is 13.0. The monoisotopic (exact) mass is 471 g/mol. The van der Waals surface area contributed by atoms with Gasteiger partial charge >= 0.3 is 10.3 Å². The van der Waals surface area contributed by atoms with Gasteiger partial charge in [-0.15, -0.1) is 11.3 Å². The number of fused-ring (bicyclic) bond motifs is 2. The van der Waals surface area contributed by atoms with E-state index in [1.54, 1.807) is 17.2 Å². The van der Waals surface area contributed by atoms with Crippen molar-refractivity contribution in [2.24, 2.45) is 0 Å². The zero-order chi connectivity index (χ0) is 22.5. The third kappa shape index (κ3) is 3.95. The zero-order valence-electron chi connectivity index (χ0n) is 17.2. The Bertz CT molecular complexity index is 1440. The van der Waals surface area contributed by atoms with E-state index in [2.05, 4.69) is 27.4 Å². The van der Waals surface area contributed by atoms with E-state index < -0.39 is 10.3 Å². The standard InChI is InChI=1S/C21H21N5O4S2/c1-13-10-14-11-15(2-3-16(14)23-13)24-17-4-5-22-18-12-19(31-20(17)18)21(27)25-6-8-26(9-7-25)32(28,29)30/h2-5,10-12,23H,6-9H2,1H3,(H,22,24)(H,28,29,30). The first-order valence-electron chi connectivity index (χ1n) is 10.0. The molecule has 1 saturated heterocycles. The number of aromatic nitrogens is 2. The quantitative estimate of drug-likeness (QED) is 0.393. The van der Waals surface area contributed by atoms with Crippen molar-refractivity contribution in [3.05, 3.63) is 53.2 Å². The Morgan fingerprint density at radius 2 is 1.94 bits per heavy atom. The fourth-order valence-corrected chi connectivity index (χ4v) is 5.61. The number of carbonyl (C=O) groups excluding carboxylic acids is 1. The van der Waals surface area contributed by atoms with Crippen molar-refractivity contribution in [1.29, 1.82) is 0 Å². The lowest BCUT2D eigenvalue weighted by Crippen LogP contribution is -2.50. The van der Waals surface area contributed by atoms with Gasteiger partial charge in [0.05, 0.1) is 20.8 Å². The number of pyridine rings is 1. The number of aryl methyl sites for hydroxylation is 1. The molecule has 5 rings (SSSR count). The van der Waals surface area contributed by atoms with Gasteiger partial charge in [-0.25, -0.2) is 0 Å². The van der Waals surface area contributed by atoms with Crippen LogP contribution in [0.3, 0.4) is 0 Å². The van der Waals surface area contributed by atoms with Crippen LogP contribution in [-0.4, -0.2) is 64.2 Å². The fraction of sp³-hybridized carbons (Fsp3) is 0.238. The van der Waals surface area contributed by atoms with Crippen molar-refractivity contribution in [2.75, 3.05) is 31.5 Å². The number of carbonyl (C=O) groups is 1. The summed E-state index contributed by atoms with van der Waals surface area (Å²) in [6.45, 7) is 2.61. The van der Waals surface area contributed by atoms with Crippen LogP contribution in [0.15, 0.2) is 42.6 Å². The molecule has 32 heavy (non-hydrogen) atoms. The van der Waals surface area contributed by atoms with Gasteiger partial charge in [-0.3, -0.25) is 14.3 Å². The molecule has 1 aliphatic rings. The third-order valence-electron chi connectivity index (χ3n) is 5.51. The van der Waals surface area contributed by atoms with Gasteiger partial charge in [0.1, 0.15) is 0 Å². The van der Waals surface area contributed by atoms with Gasteiger partial charge in [-0.1, -0.05) is 0 Å². The highest BCUT2D eigenvalue weighted by Crippen LogP contribution is 2.34. The minimum Gasteiger partial charge on any atom is -0.359 e. The highest BCUT2D eigenvalue weighted by molar-refractivity contribution is 7.83. The Kier molecular flexibility index (Phi) is 5.13. The van der Waals surface area contributed by atoms with Crippen LogP contribution in [0.4, 0.5) is 11.4 Å². The molecule has 0 unspecified atom stereocenters. The minimum absolute atomic E-state index is 0.0711. The number of aromatic amines is 1. The van der Waals surface area contributed by atoms with Crippen molar-refractivity contribution >= 4 is 60.0 Å². The Labute approximate surface area is 188 Å². The van der Waals surface area contributed by atoms with Gasteiger partial charge in [0.25, 0.3) is 5.91 Å². The number of rotatable bonds is 4. The number of hydrogen-bond acceptors (Lipinski definition) is 6. The molecule has 0 saturated carbocycles. The topological polar surface area (TPSA) is 119 Å². The van der Waals surface area contributed by atoms with E-state index in [4.69, 9.17) is 0 Å². The van der Waals surface area contributed by atoms with Crippen LogP contribution in [0.1, 0.15) is 15.4 Å². The highest BCUT2D eigenvalue weighted by atomic mass is 32.2. The number of benzene rings is 1. The molecule has 0 atom stereocenters. The van der Waals surface area contributed by atoms with Gasteiger partial charge in [-0.05, 0) is 43.3 Å². The molecule has 3 aromatic heterocycles. The summed E-state index contributed by atoms with van der Waals surface area (Å²) < 4.78 is 33.6. The van der Waals surface area contributed by atoms with Crippen LogP contribution in [0.2, 0.25) is 0 Å². The molecule has 0 bridgehead atoms. The second-order valence-corrected chi connectivity index (χ2v) is 10.2. The van der Waals surface area contributed by atoms with E-state index in [0.29, 0.717) is 4.88 Å². The van der Waals surface area contributed by atoms with Gasteiger partial charge in [0, 0.05) is 54.7 Å². The largest absolute Gasteiger partial charge is 0.359 e. The zero-order valence-corrected chi connectivity index (χ0v) is 18.8. The molecule has 4 aromatic rings. The number of nitrogens with one attached hydrogen (secondary N) is 2. The first-order chi connectivity index (χ1) is 15.3. The molecule has 4 heterocycles. The number of anilines is 2. The number of amides is 1. The summed E-state index contributed by atoms with van der Waals surface area (Å²) in [5.41, 5.74) is 4.69. The SMILES string of the molecule is Cc1cc2cc(Nc3ccnc4cc(C(=O)N5CCN(S(=O)(=O)O)CC5)sc34)ccc2[nH]1. The van der Waals surface area contributed by atoms with Crippen LogP contribution >= 0.6 is 11.3 Å². The molecule has 1 fully saturated rings. The summed E-state index contributed by atoms with van der Waals surface area (Å²) in [4.78, 5) is 22.8. The van der Waals surface area contributed by atoms with Gasteiger partial charge in [0.2, 0.25) is 0 Å². The van der Waals surface area contributed by atoms with Crippen LogP contribution in [0.25, 0.3) is 21.1 Å². The molecule has 0 aliphatic carbocycles. The molecule has 1 aromatic carbocycles. The number of H-pyrrole nitrogens is 1. The molecule has 1 amide bonds. The second-order valence-electron chi connectivity index (χ2n) is 7.73. The molecule has 0 spiro atoms. The van der Waals surface area contributed by atoms with Crippen LogP contribution in [0.5, 0.6) is 0 Å². The normalized spacial score (nSPS) is 15.5. The summed E-state index contributed by atoms with van der Waals surface area (Å²) in [6.07, 6.45) is 1.70. The second kappa shape index (κ2) is 7.85. The van der Waals surface area contributed by atoms with E-state index in [9.17, 15) is 17.8 Å². The van der Waals surface area contributed by atoms with Crippen LogP contribution in [-0.2, 0) is 10.3 Å². The van der Waals surface area contributed by atoms with E-state index in [1.165, 1.54) is 11.3 Å². The maximum atomic E-state index is 13.0. The number of hydrogen-bond donors (Lipinski definition) is 3. The summed E-state index contributed by atoms with van der Waals surface area (Å²) in [5.74, 6) is -0.168. The fourth-order valence-electron chi connectivity index (χ4n) is 3.93. The van der Waals surface area contributed by atoms with Crippen LogP contribution in [0, 0.1) is 6.92 Å². The average molecular weight is 472 g/mol. The summed E-state index contributed by atoms with van der Waals surface area (Å²) >= 11 is 1.36. The predicted molar refractivity (Wildman–Crippen MR) is 125 cm³/mol. The van der Waals surface area contributed by atoms with Crippen molar-refractivity contribution in [2.45, 2.75) is 6.92 Å². The minimum atomic E-state index is -4.23. The van der Waals surface area contributed by atoms with Crippen molar-refractivity contribution < 1.29 is 17.8 Å². The summed E-state index contributed by atoms with van der Waals surface area (Å²) in [6, 6.07) is 11.8. The number of thiophene rings is 1. The molecule has 9 nitrogen and oxygen atoms in total. The van der Waals surface area contributed by atoms with E-state index >= 15 is 0 Å². The van der Waals surface area contributed by atoms with E-state index in [1.807, 2.05) is 25.1 Å². The predicted octanol–water partition coefficient (Wildman–Crippen LogP) is 3.39. The van der Waals surface area contributed by atoms with E-state index in [-0.39, 0.29) is 32.1 Å². The van der Waals surface area contributed by atoms with E-state index in [0.717, 1.165) is 42.5 Å². The molecule has 3 N–H and O–H groups in total. The summed E-state index contributed by atoms with van der Waals surface area (Å²) in [7, 11) is -4.23. The molecular weight excluding hydrogens is 450 g/mol. The smallest absolute Gasteiger partial charge is 0.336 e. The molecule has 0 radical (unpaired) electrons. The Hall–Kier alpha value is -2.99. The van der Waals surface area contributed by atoms with Gasteiger partial charge in [-0.2, -0.15) is 12.7 Å². The highest BCUT2D eigenvalue weighted by Gasteiger charge is 2.28. The van der Waals surface area contributed by atoms with Crippen molar-refractivity contribution in [3.63, 3.8) is 0 Å². The molecular formula is C21H21N5O4S2. The van der Waals surface area contributed by atoms with Gasteiger partial charge < -0.3 is 15.2 Å². The Morgan fingerprint density at radius 1 is 1.16 bits per heavy atom. The maximum Gasteiger partial charge on any atom is 0.336 e.